The molecule has 0 spiro atoms. The van der Waals surface area contributed by atoms with Crippen LogP contribution in [0, 0.1) is 11.6 Å². The SMILES string of the molecule is O=C(COC1C=CC=C(NC(=O)c2cc(-c3cccc(F)c3)ccc2F)C1)OCCO. The number of amides is 1. The zero-order chi connectivity index (χ0) is 22.2. The molecule has 0 aromatic heterocycles. The summed E-state index contributed by atoms with van der Waals surface area (Å²) in [6, 6.07) is 9.80. The molecule has 1 amide bonds. The van der Waals surface area contributed by atoms with Crippen LogP contribution in [0.5, 0.6) is 0 Å². The largest absolute Gasteiger partial charge is 0.462 e. The van der Waals surface area contributed by atoms with Crippen LogP contribution in [0.3, 0.4) is 0 Å². The third kappa shape index (κ3) is 6.31. The van der Waals surface area contributed by atoms with Crippen molar-refractivity contribution >= 4 is 11.9 Å². The molecule has 0 saturated heterocycles. The van der Waals surface area contributed by atoms with Gasteiger partial charge in [-0.2, -0.15) is 0 Å². The molecule has 1 aliphatic rings. The third-order valence-electron chi connectivity index (χ3n) is 4.46. The first kappa shape index (κ1) is 22.3. The highest BCUT2D eigenvalue weighted by molar-refractivity contribution is 5.96. The summed E-state index contributed by atoms with van der Waals surface area (Å²) in [4.78, 5) is 24.1. The number of aliphatic hydroxyl groups excluding tert-OH is 1. The zero-order valence-corrected chi connectivity index (χ0v) is 16.5. The van der Waals surface area contributed by atoms with Crippen LogP contribution >= 0.6 is 0 Å². The Kier molecular flexibility index (Phi) is 7.64. The predicted octanol–water partition coefficient (Wildman–Crippen LogP) is 3.13. The van der Waals surface area contributed by atoms with Gasteiger partial charge in [0.15, 0.2) is 0 Å². The maximum atomic E-state index is 14.3. The molecular weight excluding hydrogens is 408 g/mol. The minimum atomic E-state index is -0.705. The molecule has 0 aliphatic heterocycles. The van der Waals surface area contributed by atoms with Crippen molar-refractivity contribution in [3.63, 3.8) is 0 Å². The van der Waals surface area contributed by atoms with Gasteiger partial charge < -0.3 is 19.9 Å². The lowest BCUT2D eigenvalue weighted by Gasteiger charge is -2.19. The number of allylic oxidation sites excluding steroid dienone is 2. The van der Waals surface area contributed by atoms with Crippen molar-refractivity contribution in [3.8, 4) is 11.1 Å². The summed E-state index contributed by atoms with van der Waals surface area (Å²) in [5.41, 5.74) is 1.33. The second-order valence-electron chi connectivity index (χ2n) is 6.73. The van der Waals surface area contributed by atoms with Crippen LogP contribution in [0.15, 0.2) is 66.4 Å². The highest BCUT2D eigenvalue weighted by Gasteiger charge is 2.19. The van der Waals surface area contributed by atoms with Gasteiger partial charge in [0.05, 0.1) is 18.3 Å². The molecular formula is C23H21F2NO5. The van der Waals surface area contributed by atoms with E-state index in [1.807, 2.05) is 0 Å². The Balaban J connectivity index is 1.63. The highest BCUT2D eigenvalue weighted by Crippen LogP contribution is 2.23. The van der Waals surface area contributed by atoms with E-state index in [1.54, 1.807) is 24.3 Å². The zero-order valence-electron chi connectivity index (χ0n) is 16.5. The number of ether oxygens (including phenoxy) is 2. The van der Waals surface area contributed by atoms with Gasteiger partial charge in [0, 0.05) is 12.1 Å². The molecule has 6 nitrogen and oxygen atoms in total. The van der Waals surface area contributed by atoms with Crippen LogP contribution in [0.2, 0.25) is 0 Å². The van der Waals surface area contributed by atoms with Crippen LogP contribution in [0.25, 0.3) is 11.1 Å². The Morgan fingerprint density at radius 1 is 1.13 bits per heavy atom. The smallest absolute Gasteiger partial charge is 0.332 e. The van der Waals surface area contributed by atoms with Crippen LogP contribution < -0.4 is 5.32 Å². The lowest BCUT2D eigenvalue weighted by molar-refractivity contribution is -0.151. The van der Waals surface area contributed by atoms with Gasteiger partial charge in [-0.05, 0) is 41.5 Å². The quantitative estimate of drug-likeness (QED) is 0.630. The molecule has 31 heavy (non-hydrogen) atoms. The molecule has 0 saturated carbocycles. The Hall–Kier alpha value is -3.36. The van der Waals surface area contributed by atoms with E-state index in [1.165, 1.54) is 30.3 Å². The number of carbonyl (C=O) groups excluding carboxylic acids is 2. The fraction of sp³-hybridized carbons (Fsp3) is 0.217. The number of benzene rings is 2. The first-order chi connectivity index (χ1) is 15.0. The lowest BCUT2D eigenvalue weighted by Crippen LogP contribution is -2.28. The summed E-state index contributed by atoms with van der Waals surface area (Å²) < 4.78 is 37.9. The van der Waals surface area contributed by atoms with Gasteiger partial charge >= 0.3 is 5.97 Å². The fourth-order valence-electron chi connectivity index (χ4n) is 2.99. The molecule has 2 aromatic carbocycles. The van der Waals surface area contributed by atoms with Crippen molar-refractivity contribution in [2.75, 3.05) is 19.8 Å². The molecule has 0 radical (unpaired) electrons. The molecule has 0 bridgehead atoms. The standard InChI is InChI=1S/C23H21F2NO5/c24-17-4-1-3-15(11-17)16-7-8-21(25)20(12-16)23(29)26-18-5-2-6-19(13-18)31-14-22(28)30-10-9-27/h1-8,11-12,19,27H,9-10,13-14H2,(H,26,29). The molecule has 1 aliphatic carbocycles. The van der Waals surface area contributed by atoms with Crippen molar-refractivity contribution in [3.05, 3.63) is 83.6 Å². The second kappa shape index (κ2) is 10.6. The number of halogens is 2. The van der Waals surface area contributed by atoms with E-state index in [4.69, 9.17) is 14.6 Å². The van der Waals surface area contributed by atoms with E-state index in [-0.39, 0.29) is 31.8 Å². The molecule has 0 fully saturated rings. The van der Waals surface area contributed by atoms with Crippen molar-refractivity contribution in [2.45, 2.75) is 12.5 Å². The Bertz CT molecular complexity index is 1020. The van der Waals surface area contributed by atoms with Gasteiger partial charge in [-0.15, -0.1) is 0 Å². The number of hydrogen-bond donors (Lipinski definition) is 2. The van der Waals surface area contributed by atoms with E-state index in [9.17, 15) is 18.4 Å². The summed E-state index contributed by atoms with van der Waals surface area (Å²) in [5.74, 6) is -2.40. The van der Waals surface area contributed by atoms with Gasteiger partial charge in [0.1, 0.15) is 24.8 Å². The van der Waals surface area contributed by atoms with Gasteiger partial charge in [-0.3, -0.25) is 4.79 Å². The summed E-state index contributed by atoms with van der Waals surface area (Å²) in [5, 5.41) is 11.3. The Morgan fingerprint density at radius 3 is 2.71 bits per heavy atom. The average molecular weight is 429 g/mol. The number of hydrogen-bond acceptors (Lipinski definition) is 5. The number of aliphatic hydroxyl groups is 1. The summed E-state index contributed by atoms with van der Waals surface area (Å²) in [6.07, 6.45) is 4.80. The van der Waals surface area contributed by atoms with Gasteiger partial charge in [0.25, 0.3) is 5.91 Å². The molecule has 3 rings (SSSR count). The lowest BCUT2D eigenvalue weighted by atomic mass is 10.0. The van der Waals surface area contributed by atoms with Crippen LogP contribution in [0.4, 0.5) is 8.78 Å². The van der Waals surface area contributed by atoms with Crippen LogP contribution in [-0.4, -0.2) is 42.9 Å². The summed E-state index contributed by atoms with van der Waals surface area (Å²) in [7, 11) is 0. The maximum Gasteiger partial charge on any atom is 0.332 e. The number of carbonyl (C=O) groups is 2. The number of nitrogens with one attached hydrogen (secondary N) is 1. The molecule has 1 unspecified atom stereocenters. The maximum absolute atomic E-state index is 14.3. The van der Waals surface area contributed by atoms with Crippen molar-refractivity contribution < 1.29 is 33.0 Å². The predicted molar refractivity (Wildman–Crippen MR) is 109 cm³/mol. The second-order valence-corrected chi connectivity index (χ2v) is 6.73. The molecule has 1 atom stereocenters. The number of esters is 1. The van der Waals surface area contributed by atoms with E-state index < -0.39 is 29.6 Å². The number of rotatable bonds is 8. The van der Waals surface area contributed by atoms with Gasteiger partial charge in [0.2, 0.25) is 0 Å². The van der Waals surface area contributed by atoms with Gasteiger partial charge in [-0.25, -0.2) is 13.6 Å². The van der Waals surface area contributed by atoms with Crippen molar-refractivity contribution in [1.29, 1.82) is 0 Å². The summed E-state index contributed by atoms with van der Waals surface area (Å²) >= 11 is 0. The monoisotopic (exact) mass is 429 g/mol. The molecule has 162 valence electrons. The Morgan fingerprint density at radius 2 is 1.94 bits per heavy atom. The van der Waals surface area contributed by atoms with Crippen LogP contribution in [-0.2, 0) is 14.3 Å². The van der Waals surface area contributed by atoms with E-state index in [0.29, 0.717) is 16.8 Å². The van der Waals surface area contributed by atoms with E-state index in [2.05, 4.69) is 5.32 Å². The minimum Gasteiger partial charge on any atom is -0.462 e. The van der Waals surface area contributed by atoms with Gasteiger partial charge in [-0.1, -0.05) is 30.4 Å². The molecule has 0 heterocycles. The normalized spacial score (nSPS) is 15.3. The van der Waals surface area contributed by atoms with Crippen LogP contribution in [0.1, 0.15) is 16.8 Å². The highest BCUT2D eigenvalue weighted by atomic mass is 19.1. The average Bonchev–Trinajstić information content (AvgIpc) is 2.76. The van der Waals surface area contributed by atoms with E-state index in [0.717, 1.165) is 6.07 Å². The third-order valence-corrected chi connectivity index (χ3v) is 4.46. The Labute approximate surface area is 177 Å². The minimum absolute atomic E-state index is 0.107. The van der Waals surface area contributed by atoms with Crippen molar-refractivity contribution in [1.82, 2.24) is 5.32 Å². The first-order valence-electron chi connectivity index (χ1n) is 9.58. The molecule has 8 heteroatoms. The molecule has 2 aromatic rings. The molecule has 2 N–H and O–H groups in total. The van der Waals surface area contributed by atoms with Crippen molar-refractivity contribution in [2.24, 2.45) is 0 Å². The van der Waals surface area contributed by atoms with E-state index >= 15 is 0 Å². The fourth-order valence-corrected chi connectivity index (χ4v) is 2.99. The summed E-state index contributed by atoms with van der Waals surface area (Å²) in [6.45, 7) is -0.685. The topological polar surface area (TPSA) is 84.9 Å². The first-order valence-corrected chi connectivity index (χ1v) is 9.58.